The van der Waals surface area contributed by atoms with Crippen LogP contribution < -0.4 is 0 Å². The average molecular weight is 930 g/mol. The molecule has 0 saturated heterocycles. The van der Waals surface area contributed by atoms with E-state index in [2.05, 4.69) is 112 Å². The molecule has 2 aromatic rings. The van der Waals surface area contributed by atoms with Crippen LogP contribution >= 0.6 is 0 Å². The van der Waals surface area contributed by atoms with Gasteiger partial charge in [0.1, 0.15) is 11.1 Å². The molecule has 1 aliphatic heterocycles. The number of rotatable bonds is 36. The summed E-state index contributed by atoms with van der Waals surface area (Å²) in [5.74, 6) is 18.5. The van der Waals surface area contributed by atoms with Gasteiger partial charge in [-0.1, -0.05) is 255 Å². The number of unbranched alkanes of at least 4 members (excludes halogenated alkanes) is 30. The number of nitrogens with zero attached hydrogens (tertiary/aromatic N) is 2. The summed E-state index contributed by atoms with van der Waals surface area (Å²) in [7, 11) is 0. The summed E-state index contributed by atoms with van der Waals surface area (Å²) in [5.41, 5.74) is 20.2. The molecule has 2 nitrogen and oxygen atoms in total. The molecule has 0 aliphatic carbocycles. The van der Waals surface area contributed by atoms with Gasteiger partial charge in [0.05, 0.1) is 0 Å². The number of aryl methyl sites for hydroxylation is 2. The third-order valence-corrected chi connectivity index (χ3v) is 13.0. The molecule has 1 aliphatic rings. The molecule has 2 aromatic carbocycles. The fourth-order valence-electron chi connectivity index (χ4n) is 8.92. The van der Waals surface area contributed by atoms with Gasteiger partial charge >= 0.3 is 26.2 Å². The second-order valence-electron chi connectivity index (χ2n) is 19.0. The Balaban J connectivity index is 0.00000470. The van der Waals surface area contributed by atoms with Crippen LogP contribution in [0.1, 0.15) is 268 Å². The van der Waals surface area contributed by atoms with Crippen LogP contribution in [0.2, 0.25) is 11.8 Å². The molecule has 366 valence electrons. The third-order valence-electron chi connectivity index (χ3n) is 13.0. The third kappa shape index (κ3) is 26.9. The number of hydrogen-bond donors (Lipinski definition) is 0. The Labute approximate surface area is 410 Å². The molecule has 0 aromatic heterocycles. The summed E-state index contributed by atoms with van der Waals surface area (Å²) in [5, 5.41) is 0. The Bertz CT molecular complexity index is 1550. The number of hydrogen-bond acceptors (Lipinski definition) is 0. The van der Waals surface area contributed by atoms with Crippen LogP contribution in [0.3, 0.4) is 0 Å². The Kier molecular flexibility index (Phi) is 37.0. The van der Waals surface area contributed by atoms with Gasteiger partial charge in [0.2, 0.25) is 11.4 Å². The first kappa shape index (κ1) is 58.3. The van der Waals surface area contributed by atoms with Crippen molar-refractivity contribution in [2.24, 2.45) is 0 Å². The second-order valence-corrected chi connectivity index (χ2v) is 20.0. The maximum absolute atomic E-state index is 12.2. The van der Waals surface area contributed by atoms with Crippen molar-refractivity contribution >= 4 is 11.4 Å². The van der Waals surface area contributed by atoms with Gasteiger partial charge in [0.25, 0.3) is 0 Å². The van der Waals surface area contributed by atoms with Crippen LogP contribution in [0, 0.1) is 23.7 Å². The first-order chi connectivity index (χ1) is 32.1. The zero-order valence-corrected chi connectivity index (χ0v) is 44.3. The fourth-order valence-corrected chi connectivity index (χ4v) is 8.92. The standard InChI is InChI=1S/C60H92N2.2CH3.Ni/c1-5-9-13-15-17-19-21-23-25-27-29-31-33-35-39-43-57-58(44-40-36-34-32-30-28-26-24-22-20-18-16-14-10-6-2)60(56-51-47-54(48-52-56)42-38-12-8-4)62(61)59(57)55-49-45-53(46-50-55)41-37-11-7-3;;;/h45-52H,5-38,41-42H2,1-4H3;2*1H3;. The Morgan fingerprint density at radius 1 is 0.369 bits per heavy atom. The summed E-state index contributed by atoms with van der Waals surface area (Å²) >= 11 is 1.62. The molecule has 0 spiro atoms. The topological polar surface area (TPSA) is 25.3 Å². The van der Waals surface area contributed by atoms with Crippen LogP contribution in [0.15, 0.2) is 59.7 Å². The van der Waals surface area contributed by atoms with Crippen molar-refractivity contribution in [1.82, 2.24) is 0 Å². The Morgan fingerprint density at radius 2 is 0.615 bits per heavy atom. The van der Waals surface area contributed by atoms with Crippen molar-refractivity contribution in [3.05, 3.63) is 87.5 Å². The van der Waals surface area contributed by atoms with Gasteiger partial charge in [-0.2, -0.15) is 0 Å². The van der Waals surface area contributed by atoms with Crippen LogP contribution in [-0.2, 0) is 27.3 Å². The molecule has 0 amide bonds. The van der Waals surface area contributed by atoms with Gasteiger partial charge in [0, 0.05) is 24.0 Å². The summed E-state index contributed by atoms with van der Waals surface area (Å²) in [4.78, 5) is 0. The molecular formula is C62H98N2Ni. The van der Waals surface area contributed by atoms with E-state index in [1.54, 1.807) is 14.4 Å². The monoisotopic (exact) mass is 929 g/mol. The maximum atomic E-state index is 12.2. The van der Waals surface area contributed by atoms with E-state index in [-0.39, 0.29) is 0 Å². The summed E-state index contributed by atoms with van der Waals surface area (Å²) in [6.45, 7) is 9.12. The van der Waals surface area contributed by atoms with Crippen molar-refractivity contribution in [3.63, 3.8) is 0 Å². The van der Waals surface area contributed by atoms with Crippen molar-refractivity contribution in [2.75, 3.05) is 0 Å². The molecular weight excluding hydrogens is 831 g/mol. The zero-order chi connectivity index (χ0) is 46.8. The van der Waals surface area contributed by atoms with Crippen LogP contribution in [0.5, 0.6) is 0 Å². The van der Waals surface area contributed by atoms with E-state index in [0.717, 1.165) is 72.2 Å². The molecule has 65 heavy (non-hydrogen) atoms. The first-order valence-corrected chi connectivity index (χ1v) is 29.4. The predicted molar refractivity (Wildman–Crippen MR) is 285 cm³/mol. The molecule has 0 bridgehead atoms. The fraction of sp³-hybridized carbons (Fsp3) is 0.677. The van der Waals surface area contributed by atoms with E-state index in [4.69, 9.17) is 0 Å². The van der Waals surface area contributed by atoms with Crippen molar-refractivity contribution < 1.29 is 19.1 Å². The molecule has 3 heteroatoms. The van der Waals surface area contributed by atoms with Crippen molar-refractivity contribution in [2.45, 2.75) is 271 Å². The van der Waals surface area contributed by atoms with E-state index in [1.165, 1.54) is 208 Å². The average Bonchev–Trinajstić information content (AvgIpc) is 3.59. The van der Waals surface area contributed by atoms with Crippen molar-refractivity contribution in [3.8, 4) is 23.7 Å². The van der Waals surface area contributed by atoms with Crippen LogP contribution in [0.4, 0.5) is 0 Å². The number of benzene rings is 2. The molecule has 1 heterocycles. The molecule has 0 radical (unpaired) electrons. The molecule has 0 unspecified atom stereocenters. The number of allylic oxidation sites excluding steroid dienone is 2. The van der Waals surface area contributed by atoms with Gasteiger partial charge in [-0.25, -0.2) is 4.70 Å². The SMILES string of the molecule is CCCCCCCCCCCCCCCC#CC1=C(c2ccc(CCCCC)cc2)[N+](=[N-])C(c2ccc(CCCCC)cc2)=C1C#CCCCCCCCCCCCCCCC.[CH3][Ni][CH3]. The van der Waals surface area contributed by atoms with Crippen LogP contribution in [0.25, 0.3) is 16.9 Å². The van der Waals surface area contributed by atoms with Crippen LogP contribution in [-0.4, -0.2) is 4.70 Å². The summed E-state index contributed by atoms with van der Waals surface area (Å²) in [6, 6.07) is 17.7. The minimum absolute atomic E-state index is 0.773. The van der Waals surface area contributed by atoms with E-state index < -0.39 is 0 Å². The summed E-state index contributed by atoms with van der Waals surface area (Å²) in [6.07, 6.45) is 46.5. The second kappa shape index (κ2) is 41.3. The molecule has 3 rings (SSSR count). The Hall–Kier alpha value is -2.87. The molecule has 0 N–H and O–H groups in total. The minimum atomic E-state index is 0.773. The van der Waals surface area contributed by atoms with E-state index in [0.29, 0.717) is 0 Å². The van der Waals surface area contributed by atoms with Gasteiger partial charge in [-0.05, 0) is 73.9 Å². The van der Waals surface area contributed by atoms with Gasteiger partial charge in [-0.3, -0.25) is 0 Å². The van der Waals surface area contributed by atoms with E-state index in [9.17, 15) is 5.53 Å². The normalized spacial score (nSPS) is 12.3. The van der Waals surface area contributed by atoms with Gasteiger partial charge in [0.15, 0.2) is 0 Å². The van der Waals surface area contributed by atoms with Crippen molar-refractivity contribution in [1.29, 1.82) is 0 Å². The van der Waals surface area contributed by atoms with E-state index in [1.807, 2.05) is 0 Å². The van der Waals surface area contributed by atoms with E-state index >= 15 is 0 Å². The van der Waals surface area contributed by atoms with Gasteiger partial charge < -0.3 is 5.53 Å². The predicted octanol–water partition coefficient (Wildman–Crippen LogP) is 20.5. The molecule has 0 saturated carbocycles. The molecule has 0 atom stereocenters. The molecule has 0 fully saturated rings. The zero-order valence-electron chi connectivity index (χ0n) is 43.3. The summed E-state index contributed by atoms with van der Waals surface area (Å²) < 4.78 is 1.42. The Morgan fingerprint density at radius 3 is 0.892 bits per heavy atom. The van der Waals surface area contributed by atoms with Gasteiger partial charge in [-0.15, -0.1) is 0 Å². The quantitative estimate of drug-likeness (QED) is 0.0282. The first-order valence-electron chi connectivity index (χ1n) is 27.4.